The van der Waals surface area contributed by atoms with Crippen LogP contribution < -0.4 is 10.5 Å². The lowest BCUT2D eigenvalue weighted by atomic mass is 10.4. The first-order valence-corrected chi connectivity index (χ1v) is 4.54. The Kier molecular flexibility index (Phi) is 2.94. The maximum absolute atomic E-state index is 5.43. The summed E-state index contributed by atoms with van der Waals surface area (Å²) in [5, 5.41) is 0. The Balaban J connectivity index is 1.98. The van der Waals surface area contributed by atoms with Gasteiger partial charge in [0.05, 0.1) is 18.2 Å². The molecule has 0 fully saturated rings. The minimum Gasteiger partial charge on any atom is -0.468 e. The highest BCUT2D eigenvalue weighted by molar-refractivity contribution is 5.08. The zero-order valence-electron chi connectivity index (χ0n) is 8.09. The predicted molar refractivity (Wildman–Crippen MR) is 53.0 cm³/mol. The third kappa shape index (κ3) is 2.54. The van der Waals surface area contributed by atoms with E-state index in [9.17, 15) is 0 Å². The van der Waals surface area contributed by atoms with Crippen LogP contribution in [0.25, 0.3) is 0 Å². The zero-order valence-corrected chi connectivity index (χ0v) is 8.09. The van der Waals surface area contributed by atoms with E-state index < -0.39 is 0 Å². The van der Waals surface area contributed by atoms with Crippen molar-refractivity contribution in [1.82, 2.24) is 9.97 Å². The number of hydrogen-bond acceptors (Lipinski definition) is 5. The molecule has 5 heteroatoms. The lowest BCUT2D eigenvalue weighted by molar-refractivity contribution is 0.259. The fourth-order valence-electron chi connectivity index (χ4n) is 1.09. The first-order chi connectivity index (χ1) is 7.38. The van der Waals surface area contributed by atoms with Crippen molar-refractivity contribution in [3.8, 4) is 5.88 Å². The van der Waals surface area contributed by atoms with Crippen molar-refractivity contribution in [1.29, 1.82) is 0 Å². The second kappa shape index (κ2) is 4.56. The van der Waals surface area contributed by atoms with E-state index in [1.807, 2.05) is 6.07 Å². The van der Waals surface area contributed by atoms with Gasteiger partial charge in [0.25, 0.3) is 0 Å². The second-order valence-electron chi connectivity index (χ2n) is 2.92. The lowest BCUT2D eigenvalue weighted by Gasteiger charge is -2.03. The number of rotatable bonds is 4. The van der Waals surface area contributed by atoms with Crippen LogP contribution >= 0.6 is 0 Å². The molecule has 0 aromatic carbocycles. The summed E-state index contributed by atoms with van der Waals surface area (Å²) in [6.45, 7) is 0.695. The molecule has 0 radical (unpaired) electrons. The molecular formula is C10H11N3O2. The molecule has 0 aliphatic rings. The maximum Gasteiger partial charge on any atom is 0.233 e. The number of furan rings is 1. The normalized spacial score (nSPS) is 10.2. The molecule has 0 spiro atoms. The third-order valence-electron chi connectivity index (χ3n) is 1.81. The van der Waals surface area contributed by atoms with E-state index in [4.69, 9.17) is 14.9 Å². The fourth-order valence-corrected chi connectivity index (χ4v) is 1.09. The van der Waals surface area contributed by atoms with E-state index >= 15 is 0 Å². The summed E-state index contributed by atoms with van der Waals surface area (Å²) in [5.74, 6) is 1.20. The Morgan fingerprint density at radius 2 is 2.33 bits per heavy atom. The van der Waals surface area contributed by atoms with Crippen molar-refractivity contribution in [2.75, 3.05) is 0 Å². The van der Waals surface area contributed by atoms with E-state index in [1.165, 1.54) is 0 Å². The molecule has 0 unspecified atom stereocenters. The molecule has 2 aromatic heterocycles. The monoisotopic (exact) mass is 205 g/mol. The molecule has 0 amide bonds. The number of hydrogen-bond donors (Lipinski definition) is 1. The molecular weight excluding hydrogens is 194 g/mol. The number of aromatic nitrogens is 2. The molecule has 0 saturated heterocycles. The zero-order chi connectivity index (χ0) is 10.5. The van der Waals surface area contributed by atoms with Gasteiger partial charge in [-0.1, -0.05) is 0 Å². The van der Waals surface area contributed by atoms with Gasteiger partial charge >= 0.3 is 0 Å². The van der Waals surface area contributed by atoms with Crippen LogP contribution in [0.1, 0.15) is 11.5 Å². The van der Waals surface area contributed by atoms with Crippen molar-refractivity contribution < 1.29 is 9.15 Å². The van der Waals surface area contributed by atoms with Crippen LogP contribution in [0.5, 0.6) is 5.88 Å². The summed E-state index contributed by atoms with van der Waals surface area (Å²) >= 11 is 0. The molecule has 0 aliphatic heterocycles. The predicted octanol–water partition coefficient (Wildman–Crippen LogP) is 1.11. The summed E-state index contributed by atoms with van der Waals surface area (Å²) < 4.78 is 10.5. The lowest BCUT2D eigenvalue weighted by Crippen LogP contribution is -2.03. The average Bonchev–Trinajstić information content (AvgIpc) is 2.79. The summed E-state index contributed by atoms with van der Waals surface area (Å²) in [7, 11) is 0. The van der Waals surface area contributed by atoms with Crippen molar-refractivity contribution in [3.05, 3.63) is 42.2 Å². The van der Waals surface area contributed by atoms with Gasteiger partial charge in [-0.15, -0.1) is 0 Å². The molecule has 5 nitrogen and oxygen atoms in total. The molecule has 0 aliphatic carbocycles. The van der Waals surface area contributed by atoms with Gasteiger partial charge in [-0.3, -0.25) is 4.98 Å². The molecule has 2 heterocycles. The number of ether oxygens (including phenoxy) is 1. The SMILES string of the molecule is NCc1cncc(OCc2ccco2)n1. The van der Waals surface area contributed by atoms with Crippen LogP contribution in [0, 0.1) is 0 Å². The smallest absolute Gasteiger partial charge is 0.233 e. The fraction of sp³-hybridized carbons (Fsp3) is 0.200. The van der Waals surface area contributed by atoms with Crippen molar-refractivity contribution in [3.63, 3.8) is 0 Å². The van der Waals surface area contributed by atoms with Gasteiger partial charge in [0, 0.05) is 12.7 Å². The summed E-state index contributed by atoms with van der Waals surface area (Å²) in [6, 6.07) is 3.64. The van der Waals surface area contributed by atoms with Gasteiger partial charge in [0.2, 0.25) is 5.88 Å². The van der Waals surface area contributed by atoms with Crippen LogP contribution in [-0.4, -0.2) is 9.97 Å². The van der Waals surface area contributed by atoms with Gasteiger partial charge in [-0.25, -0.2) is 4.98 Å². The Morgan fingerprint density at radius 1 is 1.40 bits per heavy atom. The van der Waals surface area contributed by atoms with Crippen LogP contribution in [-0.2, 0) is 13.2 Å². The highest BCUT2D eigenvalue weighted by atomic mass is 16.5. The van der Waals surface area contributed by atoms with Crippen molar-refractivity contribution >= 4 is 0 Å². The van der Waals surface area contributed by atoms with E-state index in [0.29, 0.717) is 24.7 Å². The largest absolute Gasteiger partial charge is 0.468 e. The van der Waals surface area contributed by atoms with Gasteiger partial charge in [0.15, 0.2) is 0 Å². The Morgan fingerprint density at radius 3 is 3.07 bits per heavy atom. The first kappa shape index (κ1) is 9.67. The number of nitrogens with zero attached hydrogens (tertiary/aromatic N) is 2. The molecule has 0 atom stereocenters. The average molecular weight is 205 g/mol. The minimum absolute atomic E-state index is 0.343. The van der Waals surface area contributed by atoms with Crippen molar-refractivity contribution in [2.24, 2.45) is 5.73 Å². The third-order valence-corrected chi connectivity index (χ3v) is 1.81. The molecule has 2 N–H and O–H groups in total. The van der Waals surface area contributed by atoms with E-state index in [-0.39, 0.29) is 0 Å². The highest BCUT2D eigenvalue weighted by Crippen LogP contribution is 2.08. The Bertz CT molecular complexity index is 414. The van der Waals surface area contributed by atoms with E-state index in [2.05, 4.69) is 9.97 Å². The Hall–Kier alpha value is -1.88. The van der Waals surface area contributed by atoms with E-state index in [0.717, 1.165) is 5.76 Å². The Labute approximate surface area is 86.9 Å². The summed E-state index contributed by atoms with van der Waals surface area (Å²) in [6.07, 6.45) is 4.75. The van der Waals surface area contributed by atoms with E-state index in [1.54, 1.807) is 24.7 Å². The minimum atomic E-state index is 0.343. The van der Waals surface area contributed by atoms with Gasteiger partial charge < -0.3 is 14.9 Å². The van der Waals surface area contributed by atoms with Crippen LogP contribution in [0.4, 0.5) is 0 Å². The van der Waals surface area contributed by atoms with Gasteiger partial charge in [0.1, 0.15) is 12.4 Å². The second-order valence-corrected chi connectivity index (χ2v) is 2.92. The topological polar surface area (TPSA) is 74.2 Å². The molecule has 15 heavy (non-hydrogen) atoms. The molecule has 78 valence electrons. The van der Waals surface area contributed by atoms with Crippen LogP contribution in [0.15, 0.2) is 35.2 Å². The first-order valence-electron chi connectivity index (χ1n) is 4.54. The van der Waals surface area contributed by atoms with Crippen LogP contribution in [0.2, 0.25) is 0 Å². The van der Waals surface area contributed by atoms with Gasteiger partial charge in [-0.2, -0.15) is 0 Å². The standard InChI is InChI=1S/C10H11N3O2/c11-4-8-5-12-6-10(13-8)15-7-9-2-1-3-14-9/h1-3,5-6H,4,7,11H2. The maximum atomic E-state index is 5.43. The number of nitrogens with two attached hydrogens (primary N) is 1. The summed E-state index contributed by atoms with van der Waals surface area (Å²) in [5.41, 5.74) is 6.13. The molecule has 0 saturated carbocycles. The molecule has 0 bridgehead atoms. The summed E-state index contributed by atoms with van der Waals surface area (Å²) in [4.78, 5) is 8.10. The molecule has 2 aromatic rings. The van der Waals surface area contributed by atoms with Crippen LogP contribution in [0.3, 0.4) is 0 Å². The highest BCUT2D eigenvalue weighted by Gasteiger charge is 2.00. The quantitative estimate of drug-likeness (QED) is 0.809. The molecule has 2 rings (SSSR count). The van der Waals surface area contributed by atoms with Gasteiger partial charge in [-0.05, 0) is 12.1 Å². The van der Waals surface area contributed by atoms with Crippen molar-refractivity contribution in [2.45, 2.75) is 13.2 Å².